The minimum Gasteiger partial charge on any atom is -0.391 e. The number of amides is 1. The van der Waals surface area contributed by atoms with Gasteiger partial charge in [-0.2, -0.15) is 0 Å². The second-order valence-electron chi connectivity index (χ2n) is 1.59. The van der Waals surface area contributed by atoms with E-state index >= 15 is 0 Å². The molecule has 3 nitrogen and oxygen atoms in total. The number of hydrogen-bond donors (Lipinski definition) is 1. The Morgan fingerprint density at radius 1 is 1.86 bits per heavy atom. The Kier molecular flexibility index (Phi) is 0.982. The third-order valence-electron chi connectivity index (χ3n) is 0.889. The van der Waals surface area contributed by atoms with Gasteiger partial charge in [0.05, 0.1) is 19.1 Å². The molecule has 1 amide bonds. The molecule has 0 aromatic heterocycles. The van der Waals surface area contributed by atoms with Crippen molar-refractivity contribution in [1.82, 2.24) is 5.32 Å². The fraction of sp³-hybridized carbons (Fsp3) is 0.750. The van der Waals surface area contributed by atoms with Gasteiger partial charge in [0.25, 0.3) is 0 Å². The van der Waals surface area contributed by atoms with Crippen molar-refractivity contribution in [3.05, 3.63) is 0 Å². The van der Waals surface area contributed by atoms with Crippen LogP contribution in [-0.4, -0.2) is 23.7 Å². The van der Waals surface area contributed by atoms with Crippen molar-refractivity contribution < 1.29 is 9.90 Å². The molecule has 0 aliphatic carbocycles. The quantitative estimate of drug-likeness (QED) is 0.419. The first-order chi connectivity index (χ1) is 3.29. The molecule has 1 aliphatic rings. The highest BCUT2D eigenvalue weighted by molar-refractivity contribution is 5.78. The van der Waals surface area contributed by atoms with E-state index in [-0.39, 0.29) is 12.3 Å². The summed E-state index contributed by atoms with van der Waals surface area (Å²) in [4.78, 5) is 10.1. The molecule has 1 radical (unpaired) electrons. The maximum Gasteiger partial charge on any atom is 0.243 e. The highest BCUT2D eigenvalue weighted by Gasteiger charge is 2.19. The van der Waals surface area contributed by atoms with Crippen LogP contribution in [0.1, 0.15) is 6.42 Å². The summed E-state index contributed by atoms with van der Waals surface area (Å²) in [5.41, 5.74) is 0. The molecule has 1 atom stereocenters. The maximum atomic E-state index is 10.1. The van der Waals surface area contributed by atoms with Crippen molar-refractivity contribution in [2.45, 2.75) is 12.5 Å². The lowest BCUT2D eigenvalue weighted by molar-refractivity contribution is -0.119. The predicted octanol–water partition coefficient (Wildman–Crippen LogP) is -1.12. The number of aliphatic hydroxyl groups is 1. The van der Waals surface area contributed by atoms with Crippen LogP contribution in [0, 0.1) is 0 Å². The number of nitrogens with zero attached hydrogens (tertiary/aromatic N) is 1. The van der Waals surface area contributed by atoms with Crippen molar-refractivity contribution in [2.75, 3.05) is 6.54 Å². The lowest BCUT2D eigenvalue weighted by Crippen LogP contribution is -2.06. The van der Waals surface area contributed by atoms with E-state index in [2.05, 4.69) is 5.32 Å². The van der Waals surface area contributed by atoms with E-state index in [1.54, 1.807) is 0 Å². The van der Waals surface area contributed by atoms with Gasteiger partial charge in [-0.15, -0.1) is 0 Å². The summed E-state index contributed by atoms with van der Waals surface area (Å²) in [6.07, 6.45) is -0.271. The molecule has 7 heavy (non-hydrogen) atoms. The normalized spacial score (nSPS) is 30.4. The molecule has 39 valence electrons. The van der Waals surface area contributed by atoms with Gasteiger partial charge in [-0.1, -0.05) is 0 Å². The monoisotopic (exact) mass is 100 g/mol. The van der Waals surface area contributed by atoms with Gasteiger partial charge in [-0.05, 0) is 0 Å². The summed E-state index contributed by atoms with van der Waals surface area (Å²) in [7, 11) is 0. The second-order valence-corrected chi connectivity index (χ2v) is 1.59. The van der Waals surface area contributed by atoms with Gasteiger partial charge in [0, 0.05) is 0 Å². The van der Waals surface area contributed by atoms with Crippen molar-refractivity contribution in [2.24, 2.45) is 0 Å². The molecule has 0 aromatic carbocycles. The van der Waals surface area contributed by atoms with Crippen LogP contribution in [0.2, 0.25) is 0 Å². The Hall–Kier alpha value is -0.570. The van der Waals surface area contributed by atoms with Crippen molar-refractivity contribution in [3.8, 4) is 0 Å². The molecule has 0 saturated carbocycles. The number of carbonyl (C=O) groups is 1. The highest BCUT2D eigenvalue weighted by Crippen LogP contribution is 1.98. The summed E-state index contributed by atoms with van der Waals surface area (Å²) in [6, 6.07) is 0. The van der Waals surface area contributed by atoms with Crippen molar-refractivity contribution >= 4 is 5.91 Å². The molecular formula is C4H6NO2. The van der Waals surface area contributed by atoms with Crippen molar-refractivity contribution in [1.29, 1.82) is 0 Å². The molecule has 0 aromatic rings. The zero-order chi connectivity index (χ0) is 5.28. The topological polar surface area (TPSA) is 51.4 Å². The van der Waals surface area contributed by atoms with Gasteiger partial charge in [-0.3, -0.25) is 4.79 Å². The fourth-order valence-corrected chi connectivity index (χ4v) is 0.538. The van der Waals surface area contributed by atoms with E-state index in [0.717, 1.165) is 0 Å². The lowest BCUT2D eigenvalue weighted by Gasteiger charge is -1.87. The van der Waals surface area contributed by atoms with Gasteiger partial charge in [-0.25, -0.2) is 5.32 Å². The molecular weight excluding hydrogens is 94.0 g/mol. The summed E-state index contributed by atoms with van der Waals surface area (Å²) in [5, 5.41) is 12.0. The first-order valence-corrected chi connectivity index (χ1v) is 2.17. The molecule has 1 N–H and O–H groups in total. The maximum absolute atomic E-state index is 10.1. The number of hydrogen-bond acceptors (Lipinski definition) is 2. The average Bonchev–Trinajstić information content (AvgIpc) is 1.87. The van der Waals surface area contributed by atoms with E-state index in [9.17, 15) is 4.79 Å². The van der Waals surface area contributed by atoms with Crippen LogP contribution in [0.3, 0.4) is 0 Å². The molecule has 1 fully saturated rings. The van der Waals surface area contributed by atoms with Gasteiger partial charge >= 0.3 is 0 Å². The van der Waals surface area contributed by atoms with Gasteiger partial charge in [0.15, 0.2) is 0 Å². The first kappa shape index (κ1) is 4.59. The number of rotatable bonds is 0. The summed E-state index contributed by atoms with van der Waals surface area (Å²) < 4.78 is 0. The summed E-state index contributed by atoms with van der Waals surface area (Å²) in [5.74, 6) is -0.174. The van der Waals surface area contributed by atoms with Crippen LogP contribution in [0.4, 0.5) is 0 Å². The minimum absolute atomic E-state index is 0.174. The largest absolute Gasteiger partial charge is 0.391 e. The van der Waals surface area contributed by atoms with E-state index in [0.29, 0.717) is 6.54 Å². The molecule has 1 rings (SSSR count). The number of carbonyl (C=O) groups excluding carboxylic acids is 1. The van der Waals surface area contributed by atoms with Gasteiger partial charge in [0.1, 0.15) is 0 Å². The highest BCUT2D eigenvalue weighted by atomic mass is 16.3. The molecule has 0 bridgehead atoms. The molecule has 1 saturated heterocycles. The van der Waals surface area contributed by atoms with E-state index in [4.69, 9.17) is 5.11 Å². The fourth-order valence-electron chi connectivity index (χ4n) is 0.538. The van der Waals surface area contributed by atoms with Crippen LogP contribution in [0.15, 0.2) is 0 Å². The molecule has 0 spiro atoms. The van der Waals surface area contributed by atoms with Crippen LogP contribution >= 0.6 is 0 Å². The van der Waals surface area contributed by atoms with Crippen LogP contribution in [0.25, 0.3) is 0 Å². The lowest BCUT2D eigenvalue weighted by atomic mass is 10.3. The Bertz CT molecular complexity index is 91.7. The third-order valence-corrected chi connectivity index (χ3v) is 0.889. The predicted molar refractivity (Wildman–Crippen MR) is 22.6 cm³/mol. The SMILES string of the molecule is O=C1C[C@H](O)C[N]1. The van der Waals surface area contributed by atoms with Gasteiger partial charge in [0.2, 0.25) is 5.91 Å². The van der Waals surface area contributed by atoms with Crippen LogP contribution in [-0.2, 0) is 4.79 Å². The Balaban J connectivity index is 2.40. The van der Waals surface area contributed by atoms with E-state index in [1.807, 2.05) is 0 Å². The smallest absolute Gasteiger partial charge is 0.243 e. The van der Waals surface area contributed by atoms with Crippen LogP contribution in [0.5, 0.6) is 0 Å². The molecule has 1 heterocycles. The second kappa shape index (κ2) is 1.50. The van der Waals surface area contributed by atoms with Crippen LogP contribution < -0.4 is 5.32 Å². The van der Waals surface area contributed by atoms with Gasteiger partial charge < -0.3 is 5.11 Å². The molecule has 1 aliphatic heterocycles. The third kappa shape index (κ3) is 0.899. The number of aliphatic hydroxyl groups excluding tert-OH is 1. The first-order valence-electron chi connectivity index (χ1n) is 2.17. The standard InChI is InChI=1S/C4H6NO2/c6-3-1-4(7)5-2-3/h3,6H,1-2H2/t3-/m0/s1. The Labute approximate surface area is 41.3 Å². The molecule has 0 unspecified atom stereocenters. The molecule has 3 heteroatoms. The van der Waals surface area contributed by atoms with E-state index in [1.165, 1.54) is 0 Å². The summed E-state index contributed by atoms with van der Waals surface area (Å²) >= 11 is 0. The Morgan fingerprint density at radius 3 is 2.71 bits per heavy atom. The average molecular weight is 100 g/mol. The summed E-state index contributed by atoms with van der Waals surface area (Å²) in [6.45, 7) is 0.304. The zero-order valence-corrected chi connectivity index (χ0v) is 3.79. The van der Waals surface area contributed by atoms with E-state index < -0.39 is 6.10 Å². The van der Waals surface area contributed by atoms with Crippen molar-refractivity contribution in [3.63, 3.8) is 0 Å². The minimum atomic E-state index is -0.493. The zero-order valence-electron chi connectivity index (χ0n) is 3.79. The Morgan fingerprint density at radius 2 is 2.57 bits per heavy atom.